The van der Waals surface area contributed by atoms with E-state index in [0.717, 1.165) is 12.8 Å². The highest BCUT2D eigenvalue weighted by atomic mass is 16.3. The highest BCUT2D eigenvalue weighted by molar-refractivity contribution is 4.94. The molecule has 2 nitrogen and oxygen atoms in total. The SMILES string of the molecule is CC(C)C1[C@H](C)CCC[C@]1(O)CCO. The molecule has 0 radical (unpaired) electrons. The second-order valence-electron chi connectivity index (χ2n) is 5.22. The third-order valence-electron chi connectivity index (χ3n) is 3.77. The zero-order valence-electron chi connectivity index (χ0n) is 9.66. The van der Waals surface area contributed by atoms with Crippen LogP contribution in [0.2, 0.25) is 0 Å². The Bertz CT molecular complexity index is 175. The van der Waals surface area contributed by atoms with Gasteiger partial charge >= 0.3 is 0 Å². The van der Waals surface area contributed by atoms with Crippen LogP contribution >= 0.6 is 0 Å². The summed E-state index contributed by atoms with van der Waals surface area (Å²) in [5.74, 6) is 1.44. The molecular weight excluding hydrogens is 176 g/mol. The zero-order valence-corrected chi connectivity index (χ0v) is 9.66. The normalized spacial score (nSPS) is 39.0. The molecule has 1 saturated carbocycles. The molecule has 0 heterocycles. The van der Waals surface area contributed by atoms with Crippen molar-refractivity contribution in [2.45, 2.75) is 52.1 Å². The van der Waals surface area contributed by atoms with Crippen molar-refractivity contribution in [2.24, 2.45) is 17.8 Å². The number of hydrogen-bond donors (Lipinski definition) is 2. The predicted octanol–water partition coefficient (Wildman–Crippen LogP) is 2.19. The average molecular weight is 200 g/mol. The molecule has 0 bridgehead atoms. The van der Waals surface area contributed by atoms with Crippen LogP contribution in [0.15, 0.2) is 0 Å². The largest absolute Gasteiger partial charge is 0.396 e. The third-order valence-corrected chi connectivity index (χ3v) is 3.77. The summed E-state index contributed by atoms with van der Waals surface area (Å²) in [5.41, 5.74) is -0.611. The summed E-state index contributed by atoms with van der Waals surface area (Å²) in [6, 6.07) is 0. The fourth-order valence-corrected chi connectivity index (χ4v) is 3.37. The van der Waals surface area contributed by atoms with Crippen LogP contribution in [0.4, 0.5) is 0 Å². The fraction of sp³-hybridized carbons (Fsp3) is 1.00. The first-order valence-electron chi connectivity index (χ1n) is 5.84. The lowest BCUT2D eigenvalue weighted by Crippen LogP contribution is -2.47. The average Bonchev–Trinajstić information content (AvgIpc) is 2.02. The Balaban J connectivity index is 2.78. The standard InChI is InChI=1S/C12H24O2/c1-9(2)11-10(3)5-4-6-12(11,14)7-8-13/h9-11,13-14H,4-8H2,1-3H3/t10-,11?,12+/m1/s1. The maximum atomic E-state index is 10.5. The van der Waals surface area contributed by atoms with E-state index in [1.807, 2.05) is 0 Å². The first-order chi connectivity index (χ1) is 6.51. The van der Waals surface area contributed by atoms with Gasteiger partial charge in [0.15, 0.2) is 0 Å². The van der Waals surface area contributed by atoms with E-state index in [2.05, 4.69) is 20.8 Å². The second-order valence-corrected chi connectivity index (χ2v) is 5.22. The lowest BCUT2D eigenvalue weighted by atomic mass is 9.64. The van der Waals surface area contributed by atoms with Gasteiger partial charge in [0.25, 0.3) is 0 Å². The summed E-state index contributed by atoms with van der Waals surface area (Å²) < 4.78 is 0. The zero-order chi connectivity index (χ0) is 10.8. The van der Waals surface area contributed by atoms with Crippen molar-refractivity contribution in [3.63, 3.8) is 0 Å². The molecule has 1 aliphatic carbocycles. The van der Waals surface area contributed by atoms with Crippen LogP contribution in [0.1, 0.15) is 46.5 Å². The van der Waals surface area contributed by atoms with Gasteiger partial charge in [0.05, 0.1) is 5.60 Å². The minimum absolute atomic E-state index is 0.104. The second kappa shape index (κ2) is 4.63. The van der Waals surface area contributed by atoms with E-state index in [4.69, 9.17) is 5.11 Å². The molecule has 0 aromatic rings. The summed E-state index contributed by atoms with van der Waals surface area (Å²) in [6.45, 7) is 6.68. The van der Waals surface area contributed by atoms with Gasteiger partial charge in [0, 0.05) is 6.61 Å². The number of aliphatic hydroxyl groups excluding tert-OH is 1. The van der Waals surface area contributed by atoms with Gasteiger partial charge in [-0.3, -0.25) is 0 Å². The Morgan fingerprint density at radius 2 is 2.07 bits per heavy atom. The lowest BCUT2D eigenvalue weighted by molar-refractivity contribution is -0.101. The van der Waals surface area contributed by atoms with Gasteiger partial charge in [-0.2, -0.15) is 0 Å². The Hall–Kier alpha value is -0.0800. The van der Waals surface area contributed by atoms with Crippen LogP contribution < -0.4 is 0 Å². The van der Waals surface area contributed by atoms with E-state index >= 15 is 0 Å². The first-order valence-corrected chi connectivity index (χ1v) is 5.84. The summed E-state index contributed by atoms with van der Waals surface area (Å²) in [6.07, 6.45) is 3.72. The van der Waals surface area contributed by atoms with Gasteiger partial charge in [0.2, 0.25) is 0 Å². The minimum Gasteiger partial charge on any atom is -0.396 e. The fourth-order valence-electron chi connectivity index (χ4n) is 3.37. The van der Waals surface area contributed by atoms with E-state index < -0.39 is 5.60 Å². The van der Waals surface area contributed by atoms with Crippen LogP contribution in [0.5, 0.6) is 0 Å². The van der Waals surface area contributed by atoms with E-state index in [9.17, 15) is 5.11 Å². The van der Waals surface area contributed by atoms with Crippen molar-refractivity contribution in [1.82, 2.24) is 0 Å². The Labute approximate surface area is 87.3 Å². The molecule has 1 rings (SSSR count). The van der Waals surface area contributed by atoms with E-state index in [1.165, 1.54) is 6.42 Å². The van der Waals surface area contributed by atoms with E-state index in [-0.39, 0.29) is 6.61 Å². The summed E-state index contributed by atoms with van der Waals surface area (Å²) in [5, 5.41) is 19.5. The molecule has 1 aliphatic rings. The summed E-state index contributed by atoms with van der Waals surface area (Å²) >= 11 is 0. The molecular formula is C12H24O2. The number of hydrogen-bond acceptors (Lipinski definition) is 2. The maximum absolute atomic E-state index is 10.5. The summed E-state index contributed by atoms with van der Waals surface area (Å²) in [4.78, 5) is 0. The quantitative estimate of drug-likeness (QED) is 0.733. The van der Waals surface area contributed by atoms with Crippen molar-refractivity contribution in [3.05, 3.63) is 0 Å². The molecule has 0 saturated heterocycles. The van der Waals surface area contributed by atoms with Crippen LogP contribution in [-0.4, -0.2) is 22.4 Å². The topological polar surface area (TPSA) is 40.5 Å². The first kappa shape index (κ1) is 12.0. The van der Waals surface area contributed by atoms with Crippen molar-refractivity contribution >= 4 is 0 Å². The third kappa shape index (κ3) is 2.29. The van der Waals surface area contributed by atoms with Crippen LogP contribution in [0.25, 0.3) is 0 Å². The molecule has 0 aromatic carbocycles. The van der Waals surface area contributed by atoms with Crippen LogP contribution in [-0.2, 0) is 0 Å². The Kier molecular flexibility index (Phi) is 3.96. The predicted molar refractivity (Wildman–Crippen MR) is 58.0 cm³/mol. The van der Waals surface area contributed by atoms with Crippen molar-refractivity contribution in [1.29, 1.82) is 0 Å². The monoisotopic (exact) mass is 200 g/mol. The number of rotatable bonds is 3. The molecule has 0 spiro atoms. The summed E-state index contributed by atoms with van der Waals surface area (Å²) in [7, 11) is 0. The maximum Gasteiger partial charge on any atom is 0.0702 e. The molecule has 1 fully saturated rings. The molecule has 0 aliphatic heterocycles. The molecule has 0 aromatic heterocycles. The minimum atomic E-state index is -0.611. The van der Waals surface area contributed by atoms with Gasteiger partial charge in [-0.15, -0.1) is 0 Å². The van der Waals surface area contributed by atoms with Crippen molar-refractivity contribution < 1.29 is 10.2 Å². The van der Waals surface area contributed by atoms with Crippen molar-refractivity contribution in [3.8, 4) is 0 Å². The molecule has 3 atom stereocenters. The highest BCUT2D eigenvalue weighted by Crippen LogP contribution is 2.43. The van der Waals surface area contributed by atoms with E-state index in [1.54, 1.807) is 0 Å². The molecule has 1 unspecified atom stereocenters. The van der Waals surface area contributed by atoms with Gasteiger partial charge in [-0.1, -0.05) is 33.6 Å². The molecule has 0 amide bonds. The molecule has 84 valence electrons. The van der Waals surface area contributed by atoms with Crippen LogP contribution in [0, 0.1) is 17.8 Å². The van der Waals surface area contributed by atoms with Gasteiger partial charge in [-0.05, 0) is 30.6 Å². The van der Waals surface area contributed by atoms with E-state index in [0.29, 0.717) is 24.2 Å². The van der Waals surface area contributed by atoms with Gasteiger partial charge in [0.1, 0.15) is 0 Å². The highest BCUT2D eigenvalue weighted by Gasteiger charge is 2.43. The molecule has 2 N–H and O–H groups in total. The Morgan fingerprint density at radius 3 is 2.57 bits per heavy atom. The van der Waals surface area contributed by atoms with Crippen LogP contribution in [0.3, 0.4) is 0 Å². The number of aliphatic hydroxyl groups is 2. The molecule has 14 heavy (non-hydrogen) atoms. The Morgan fingerprint density at radius 1 is 1.43 bits per heavy atom. The van der Waals surface area contributed by atoms with Crippen molar-refractivity contribution in [2.75, 3.05) is 6.61 Å². The van der Waals surface area contributed by atoms with Gasteiger partial charge < -0.3 is 10.2 Å². The van der Waals surface area contributed by atoms with Gasteiger partial charge in [-0.25, -0.2) is 0 Å². The smallest absolute Gasteiger partial charge is 0.0702 e. The lowest BCUT2D eigenvalue weighted by Gasteiger charge is -2.46. The molecule has 2 heteroatoms.